The number of hydrogen-bond donors (Lipinski definition) is 0. The molecule has 0 saturated carbocycles. The zero-order chi connectivity index (χ0) is 13.3. The van der Waals surface area contributed by atoms with Crippen molar-refractivity contribution in [3.8, 4) is 0 Å². The summed E-state index contributed by atoms with van der Waals surface area (Å²) in [5.74, 6) is -0.520. The van der Waals surface area contributed by atoms with Gasteiger partial charge in [0.05, 0.1) is 10.6 Å². The normalized spacial score (nSPS) is 23.4. The molecule has 2 nitrogen and oxygen atoms in total. The molecule has 98 valence electrons. The van der Waals surface area contributed by atoms with Crippen LogP contribution in [0, 0.1) is 11.2 Å². The average molecular weight is 270 g/mol. The zero-order valence-corrected chi connectivity index (χ0v) is 11.4. The second-order valence-corrected chi connectivity index (χ2v) is 5.67. The smallest absolute Gasteiger partial charge is 0.255 e. The molecule has 0 N–H and O–H groups in total. The van der Waals surface area contributed by atoms with Crippen molar-refractivity contribution in [1.82, 2.24) is 4.90 Å². The van der Waals surface area contributed by atoms with E-state index in [4.69, 9.17) is 11.6 Å². The molecule has 18 heavy (non-hydrogen) atoms. The van der Waals surface area contributed by atoms with Crippen LogP contribution in [-0.4, -0.2) is 23.9 Å². The molecule has 1 amide bonds. The Hall–Kier alpha value is -1.09. The van der Waals surface area contributed by atoms with Crippen LogP contribution in [0.2, 0.25) is 5.02 Å². The number of carbonyl (C=O) groups excluding carboxylic acids is 1. The second-order valence-electron chi connectivity index (χ2n) is 5.27. The maximum Gasteiger partial charge on any atom is 0.255 e. The van der Waals surface area contributed by atoms with E-state index in [1.807, 2.05) is 4.90 Å². The molecular weight excluding hydrogens is 253 g/mol. The Morgan fingerprint density at radius 1 is 1.56 bits per heavy atom. The Bertz CT molecular complexity index is 477. The molecular formula is C14H17ClFNO. The number of rotatable bonds is 2. The van der Waals surface area contributed by atoms with Gasteiger partial charge in [-0.15, -0.1) is 0 Å². The van der Waals surface area contributed by atoms with Crippen molar-refractivity contribution in [2.24, 2.45) is 5.41 Å². The number of likely N-dealkylation sites (tertiary alicyclic amines) is 1. The van der Waals surface area contributed by atoms with Crippen molar-refractivity contribution >= 4 is 17.5 Å². The predicted octanol–water partition coefficient (Wildman–Crippen LogP) is 3.74. The van der Waals surface area contributed by atoms with E-state index in [0.717, 1.165) is 25.9 Å². The first-order chi connectivity index (χ1) is 8.45. The van der Waals surface area contributed by atoms with Gasteiger partial charge >= 0.3 is 0 Å². The van der Waals surface area contributed by atoms with Crippen molar-refractivity contribution in [1.29, 1.82) is 0 Å². The van der Waals surface area contributed by atoms with Gasteiger partial charge in [-0.25, -0.2) is 4.39 Å². The van der Waals surface area contributed by atoms with Crippen LogP contribution in [0.1, 0.15) is 37.0 Å². The maximum atomic E-state index is 13.0. The molecule has 1 saturated heterocycles. The number of amides is 1. The molecule has 0 bridgehead atoms. The van der Waals surface area contributed by atoms with Gasteiger partial charge in [0.1, 0.15) is 5.82 Å². The summed E-state index contributed by atoms with van der Waals surface area (Å²) in [4.78, 5) is 14.1. The maximum absolute atomic E-state index is 13.0. The Balaban J connectivity index is 2.18. The van der Waals surface area contributed by atoms with Gasteiger partial charge in [0, 0.05) is 13.1 Å². The summed E-state index contributed by atoms with van der Waals surface area (Å²) in [5, 5.41) is 0.185. The number of halogens is 2. The molecule has 0 aliphatic carbocycles. The molecule has 0 aromatic heterocycles. The average Bonchev–Trinajstić information content (AvgIpc) is 2.72. The summed E-state index contributed by atoms with van der Waals surface area (Å²) in [6, 6.07) is 3.92. The van der Waals surface area contributed by atoms with E-state index in [1.54, 1.807) is 0 Å². The van der Waals surface area contributed by atoms with Crippen LogP contribution < -0.4 is 0 Å². The van der Waals surface area contributed by atoms with Crippen LogP contribution in [0.15, 0.2) is 18.2 Å². The lowest BCUT2D eigenvalue weighted by Gasteiger charge is -2.23. The van der Waals surface area contributed by atoms with E-state index in [-0.39, 0.29) is 16.3 Å². The molecule has 2 rings (SSSR count). The Morgan fingerprint density at radius 3 is 2.83 bits per heavy atom. The molecule has 1 aromatic carbocycles. The van der Waals surface area contributed by atoms with Crippen molar-refractivity contribution in [2.45, 2.75) is 26.7 Å². The third-order valence-corrected chi connectivity index (χ3v) is 4.17. The highest BCUT2D eigenvalue weighted by molar-refractivity contribution is 6.33. The molecule has 1 aromatic rings. The van der Waals surface area contributed by atoms with Gasteiger partial charge in [-0.1, -0.05) is 25.4 Å². The van der Waals surface area contributed by atoms with E-state index < -0.39 is 5.82 Å². The fourth-order valence-corrected chi connectivity index (χ4v) is 2.57. The van der Waals surface area contributed by atoms with Crippen molar-refractivity contribution < 1.29 is 9.18 Å². The van der Waals surface area contributed by atoms with Crippen LogP contribution in [0.3, 0.4) is 0 Å². The molecule has 1 aliphatic rings. The molecule has 0 radical (unpaired) electrons. The summed E-state index contributed by atoms with van der Waals surface area (Å²) in [5.41, 5.74) is 0.584. The molecule has 0 spiro atoms. The lowest BCUT2D eigenvalue weighted by Crippen LogP contribution is -2.31. The van der Waals surface area contributed by atoms with Gasteiger partial charge in [-0.2, -0.15) is 0 Å². The van der Waals surface area contributed by atoms with Crippen LogP contribution in [-0.2, 0) is 0 Å². The molecule has 1 atom stereocenters. The van der Waals surface area contributed by atoms with Gasteiger partial charge in [0.25, 0.3) is 5.91 Å². The Morgan fingerprint density at radius 2 is 2.28 bits per heavy atom. The fraction of sp³-hybridized carbons (Fsp3) is 0.500. The van der Waals surface area contributed by atoms with Crippen molar-refractivity contribution in [3.05, 3.63) is 34.6 Å². The first-order valence-electron chi connectivity index (χ1n) is 6.19. The first-order valence-corrected chi connectivity index (χ1v) is 6.57. The highest BCUT2D eigenvalue weighted by Crippen LogP contribution is 2.34. The molecule has 1 aliphatic heterocycles. The van der Waals surface area contributed by atoms with Gasteiger partial charge in [-0.05, 0) is 36.5 Å². The van der Waals surface area contributed by atoms with E-state index in [9.17, 15) is 9.18 Å². The number of benzene rings is 1. The molecule has 1 fully saturated rings. The van der Waals surface area contributed by atoms with Crippen LogP contribution in [0.4, 0.5) is 4.39 Å². The van der Waals surface area contributed by atoms with E-state index in [1.165, 1.54) is 18.2 Å². The van der Waals surface area contributed by atoms with E-state index in [2.05, 4.69) is 13.8 Å². The summed E-state index contributed by atoms with van der Waals surface area (Å²) in [6.07, 6.45) is 2.06. The molecule has 1 unspecified atom stereocenters. The van der Waals surface area contributed by atoms with Gasteiger partial charge in [0.2, 0.25) is 0 Å². The third-order valence-electron chi connectivity index (χ3n) is 3.86. The number of carbonyl (C=O) groups is 1. The summed E-state index contributed by atoms with van der Waals surface area (Å²) in [7, 11) is 0. The minimum absolute atomic E-state index is 0.0998. The number of hydrogen-bond acceptors (Lipinski definition) is 1. The van der Waals surface area contributed by atoms with Crippen molar-refractivity contribution in [2.75, 3.05) is 13.1 Å². The predicted molar refractivity (Wildman–Crippen MR) is 70.3 cm³/mol. The van der Waals surface area contributed by atoms with Gasteiger partial charge in [0.15, 0.2) is 0 Å². The van der Waals surface area contributed by atoms with E-state index >= 15 is 0 Å². The van der Waals surface area contributed by atoms with Gasteiger partial charge in [-0.3, -0.25) is 4.79 Å². The van der Waals surface area contributed by atoms with E-state index in [0.29, 0.717) is 5.56 Å². The standard InChI is InChI=1S/C14H17ClFNO/c1-3-14(2)6-7-17(9-14)13(18)11-5-4-10(16)8-12(11)15/h4-5,8H,3,6-7,9H2,1-2H3. The molecule has 1 heterocycles. The topological polar surface area (TPSA) is 20.3 Å². The summed E-state index contributed by atoms with van der Waals surface area (Å²) < 4.78 is 13.0. The Labute approximate surface area is 112 Å². The van der Waals surface area contributed by atoms with Crippen molar-refractivity contribution in [3.63, 3.8) is 0 Å². The SMILES string of the molecule is CCC1(C)CCN(C(=O)c2ccc(F)cc2Cl)C1. The lowest BCUT2D eigenvalue weighted by molar-refractivity contribution is 0.0775. The first kappa shape index (κ1) is 13.3. The quantitative estimate of drug-likeness (QED) is 0.801. The highest BCUT2D eigenvalue weighted by atomic mass is 35.5. The Kier molecular flexibility index (Phi) is 3.62. The largest absolute Gasteiger partial charge is 0.338 e. The fourth-order valence-electron chi connectivity index (χ4n) is 2.32. The third kappa shape index (κ3) is 2.51. The van der Waals surface area contributed by atoms with Crippen LogP contribution in [0.5, 0.6) is 0 Å². The number of nitrogens with zero attached hydrogens (tertiary/aromatic N) is 1. The molecule has 4 heteroatoms. The minimum Gasteiger partial charge on any atom is -0.338 e. The van der Waals surface area contributed by atoms with Gasteiger partial charge < -0.3 is 4.90 Å². The van der Waals surface area contributed by atoms with Crippen LogP contribution >= 0.6 is 11.6 Å². The summed E-state index contributed by atoms with van der Waals surface area (Å²) in [6.45, 7) is 5.82. The second kappa shape index (κ2) is 4.88. The monoisotopic (exact) mass is 269 g/mol. The highest BCUT2D eigenvalue weighted by Gasteiger charge is 2.35. The minimum atomic E-state index is -0.420. The zero-order valence-electron chi connectivity index (χ0n) is 10.7. The lowest BCUT2D eigenvalue weighted by atomic mass is 9.87. The van der Waals surface area contributed by atoms with Crippen LogP contribution in [0.25, 0.3) is 0 Å². The summed E-state index contributed by atoms with van der Waals surface area (Å²) >= 11 is 5.92.